The van der Waals surface area contributed by atoms with Crippen molar-refractivity contribution in [2.45, 2.75) is 30.6 Å². The molecule has 0 aliphatic rings. The average Bonchev–Trinajstić information content (AvgIpc) is 2.63. The van der Waals surface area contributed by atoms with Crippen LogP contribution in [0.5, 0.6) is 0 Å². The van der Waals surface area contributed by atoms with Gasteiger partial charge in [-0.05, 0) is 19.9 Å². The number of rotatable bonds is 7. The quantitative estimate of drug-likeness (QED) is 0.722. The number of aliphatic carboxylic acids is 1. The molecule has 5 nitrogen and oxygen atoms in total. The van der Waals surface area contributed by atoms with Crippen LogP contribution >= 0.6 is 23.1 Å². The van der Waals surface area contributed by atoms with Gasteiger partial charge in [0.05, 0.1) is 0 Å². The molecule has 0 aromatic carbocycles. The molecule has 1 unspecified atom stereocenters. The first-order chi connectivity index (χ1) is 7.63. The van der Waals surface area contributed by atoms with Crippen LogP contribution in [0.3, 0.4) is 0 Å². The molecule has 1 aromatic rings. The zero-order valence-electron chi connectivity index (χ0n) is 9.27. The van der Waals surface area contributed by atoms with E-state index in [4.69, 9.17) is 5.11 Å². The van der Waals surface area contributed by atoms with Crippen LogP contribution in [-0.4, -0.2) is 39.6 Å². The summed E-state index contributed by atoms with van der Waals surface area (Å²) in [4.78, 5) is 10.8. The topological polar surface area (TPSA) is 75.1 Å². The van der Waals surface area contributed by atoms with Crippen molar-refractivity contribution in [3.8, 4) is 0 Å². The summed E-state index contributed by atoms with van der Waals surface area (Å²) in [5.41, 5.74) is 0. The maximum absolute atomic E-state index is 10.8. The van der Waals surface area contributed by atoms with E-state index >= 15 is 0 Å². The summed E-state index contributed by atoms with van der Waals surface area (Å²) in [5, 5.41) is 20.6. The molecule has 0 fully saturated rings. The van der Waals surface area contributed by atoms with Crippen molar-refractivity contribution in [1.82, 2.24) is 15.5 Å². The van der Waals surface area contributed by atoms with Gasteiger partial charge in [0.1, 0.15) is 11.0 Å². The van der Waals surface area contributed by atoms with Crippen LogP contribution in [0.25, 0.3) is 0 Å². The molecule has 0 bridgehead atoms. The van der Waals surface area contributed by atoms with Gasteiger partial charge in [-0.25, -0.2) is 0 Å². The van der Waals surface area contributed by atoms with Gasteiger partial charge in [0, 0.05) is 5.75 Å². The fourth-order valence-electron chi connectivity index (χ4n) is 1.16. The molecule has 0 saturated carbocycles. The molecular formula is C9H15N3O2S2. The minimum atomic E-state index is -0.795. The van der Waals surface area contributed by atoms with E-state index in [-0.39, 0.29) is 0 Å². The van der Waals surface area contributed by atoms with Crippen molar-refractivity contribution >= 4 is 29.1 Å². The van der Waals surface area contributed by atoms with Gasteiger partial charge in [-0.3, -0.25) is 4.79 Å². The lowest BCUT2D eigenvalue weighted by Crippen LogP contribution is -2.36. The van der Waals surface area contributed by atoms with E-state index in [1.807, 2.05) is 13.8 Å². The van der Waals surface area contributed by atoms with Crippen LogP contribution in [0.15, 0.2) is 4.34 Å². The van der Waals surface area contributed by atoms with Gasteiger partial charge >= 0.3 is 5.97 Å². The normalized spacial score (nSPS) is 12.6. The number of nitrogens with zero attached hydrogens (tertiary/aromatic N) is 2. The monoisotopic (exact) mass is 261 g/mol. The van der Waals surface area contributed by atoms with Gasteiger partial charge in [-0.1, -0.05) is 30.0 Å². The molecular weight excluding hydrogens is 246 g/mol. The highest BCUT2D eigenvalue weighted by atomic mass is 32.2. The summed E-state index contributed by atoms with van der Waals surface area (Å²) in [6.07, 6.45) is 0.590. The average molecular weight is 261 g/mol. The maximum Gasteiger partial charge on any atom is 0.320 e. The second-order valence-corrected chi connectivity index (χ2v) is 5.70. The number of thioether (sulfide) groups is 1. The minimum absolute atomic E-state index is 0.466. The third kappa shape index (κ3) is 4.46. The predicted octanol–water partition coefficient (Wildman–Crippen LogP) is 1.39. The van der Waals surface area contributed by atoms with E-state index in [1.165, 1.54) is 11.3 Å². The third-order valence-electron chi connectivity index (χ3n) is 1.89. The Balaban J connectivity index is 2.30. The van der Waals surface area contributed by atoms with Gasteiger partial charge in [0.25, 0.3) is 0 Å². The number of hydrogen-bond donors (Lipinski definition) is 2. The smallest absolute Gasteiger partial charge is 0.320 e. The van der Waals surface area contributed by atoms with Gasteiger partial charge in [-0.15, -0.1) is 10.2 Å². The number of hydrogen-bond acceptors (Lipinski definition) is 6. The summed E-state index contributed by atoms with van der Waals surface area (Å²) >= 11 is 3.09. The Morgan fingerprint density at radius 1 is 1.62 bits per heavy atom. The molecule has 0 saturated heterocycles. The zero-order valence-corrected chi connectivity index (χ0v) is 10.9. The number of aryl methyl sites for hydroxylation is 1. The molecule has 0 amide bonds. The summed E-state index contributed by atoms with van der Waals surface area (Å²) < 4.78 is 0.901. The SMILES string of the molecule is CCNC(CCSc1nnc(C)s1)C(=O)O. The van der Waals surface area contributed by atoms with Gasteiger partial charge < -0.3 is 10.4 Å². The molecule has 0 aliphatic carbocycles. The van der Waals surface area contributed by atoms with Crippen LogP contribution in [0.2, 0.25) is 0 Å². The number of likely N-dealkylation sites (N-methyl/N-ethyl adjacent to an activating group) is 1. The lowest BCUT2D eigenvalue weighted by atomic mass is 10.2. The lowest BCUT2D eigenvalue weighted by molar-refractivity contribution is -0.139. The summed E-state index contributed by atoms with van der Waals surface area (Å²) in [6.45, 7) is 4.47. The van der Waals surface area contributed by atoms with Gasteiger partial charge in [-0.2, -0.15) is 0 Å². The molecule has 0 spiro atoms. The number of aromatic nitrogens is 2. The standard InChI is InChI=1S/C9H15N3O2S2/c1-3-10-7(8(13)14)4-5-15-9-12-11-6(2)16-9/h7,10H,3-5H2,1-2H3,(H,13,14). The van der Waals surface area contributed by atoms with Crippen molar-refractivity contribution in [1.29, 1.82) is 0 Å². The van der Waals surface area contributed by atoms with E-state index in [0.717, 1.165) is 15.1 Å². The molecule has 1 atom stereocenters. The number of carboxylic acid groups (broad SMARTS) is 1. The molecule has 1 heterocycles. The second-order valence-electron chi connectivity index (χ2n) is 3.17. The van der Waals surface area contributed by atoms with E-state index in [1.54, 1.807) is 11.8 Å². The summed E-state index contributed by atoms with van der Waals surface area (Å²) in [6, 6.07) is -0.466. The Morgan fingerprint density at radius 2 is 2.38 bits per heavy atom. The van der Waals surface area contributed by atoms with Crippen molar-refractivity contribution < 1.29 is 9.90 Å². The first-order valence-electron chi connectivity index (χ1n) is 5.02. The first kappa shape index (κ1) is 13.4. The zero-order chi connectivity index (χ0) is 12.0. The third-order valence-corrected chi connectivity index (χ3v) is 3.89. The van der Waals surface area contributed by atoms with E-state index in [2.05, 4.69) is 15.5 Å². The number of carboxylic acids is 1. The highest BCUT2D eigenvalue weighted by Gasteiger charge is 2.15. The maximum atomic E-state index is 10.8. The summed E-state index contributed by atoms with van der Waals surface area (Å²) in [7, 11) is 0. The molecule has 0 radical (unpaired) electrons. The fourth-order valence-corrected chi connectivity index (χ4v) is 3.05. The fraction of sp³-hybridized carbons (Fsp3) is 0.667. The molecule has 90 valence electrons. The van der Waals surface area contributed by atoms with E-state index < -0.39 is 12.0 Å². The minimum Gasteiger partial charge on any atom is -0.480 e. The number of carbonyl (C=O) groups is 1. The Kier molecular flexibility index (Phi) is 5.72. The van der Waals surface area contributed by atoms with Gasteiger partial charge in [0.2, 0.25) is 0 Å². The lowest BCUT2D eigenvalue weighted by Gasteiger charge is -2.11. The van der Waals surface area contributed by atoms with Crippen molar-refractivity contribution in [3.05, 3.63) is 5.01 Å². The van der Waals surface area contributed by atoms with Crippen LogP contribution in [-0.2, 0) is 4.79 Å². The Hall–Kier alpha value is -0.660. The molecule has 1 aromatic heterocycles. The molecule has 7 heteroatoms. The predicted molar refractivity (Wildman–Crippen MR) is 65.1 cm³/mol. The van der Waals surface area contributed by atoms with Gasteiger partial charge in [0.15, 0.2) is 4.34 Å². The summed E-state index contributed by atoms with van der Waals surface area (Å²) in [5.74, 6) is -0.0607. The van der Waals surface area contributed by atoms with Crippen molar-refractivity contribution in [3.63, 3.8) is 0 Å². The van der Waals surface area contributed by atoms with Crippen molar-refractivity contribution in [2.24, 2.45) is 0 Å². The molecule has 0 aliphatic heterocycles. The molecule has 2 N–H and O–H groups in total. The van der Waals surface area contributed by atoms with E-state index in [9.17, 15) is 4.79 Å². The van der Waals surface area contributed by atoms with E-state index in [0.29, 0.717) is 13.0 Å². The Bertz CT molecular complexity index is 343. The Labute approximate surface area is 103 Å². The van der Waals surface area contributed by atoms with Crippen LogP contribution in [0.1, 0.15) is 18.4 Å². The van der Waals surface area contributed by atoms with Crippen molar-refractivity contribution in [2.75, 3.05) is 12.3 Å². The first-order valence-corrected chi connectivity index (χ1v) is 6.82. The van der Waals surface area contributed by atoms with Crippen LogP contribution < -0.4 is 5.32 Å². The Morgan fingerprint density at radius 3 is 2.88 bits per heavy atom. The van der Waals surface area contributed by atoms with Crippen LogP contribution in [0, 0.1) is 6.92 Å². The molecule has 16 heavy (non-hydrogen) atoms. The van der Waals surface area contributed by atoms with Crippen LogP contribution in [0.4, 0.5) is 0 Å². The highest BCUT2D eigenvalue weighted by molar-refractivity contribution is 8.01. The highest BCUT2D eigenvalue weighted by Crippen LogP contribution is 2.22. The largest absolute Gasteiger partial charge is 0.480 e. The number of nitrogens with one attached hydrogen (secondary N) is 1. The second kappa shape index (κ2) is 6.82. The molecule has 1 rings (SSSR count).